The zero-order valence-electron chi connectivity index (χ0n) is 13.9. The van der Waals surface area contributed by atoms with E-state index in [9.17, 15) is 9.90 Å². The molecule has 0 fully saturated rings. The lowest BCUT2D eigenvalue weighted by Crippen LogP contribution is -2.21. The normalized spacial score (nSPS) is 11.3. The van der Waals surface area contributed by atoms with Gasteiger partial charge in [-0.3, -0.25) is 0 Å². The van der Waals surface area contributed by atoms with Gasteiger partial charge in [0.2, 0.25) is 0 Å². The third kappa shape index (κ3) is 4.22. The predicted molar refractivity (Wildman–Crippen MR) is 96.7 cm³/mol. The number of aryl methyl sites for hydroxylation is 1. The lowest BCUT2D eigenvalue weighted by atomic mass is 10.0. The molecule has 0 atom stereocenters. The van der Waals surface area contributed by atoms with Crippen LogP contribution in [0.15, 0.2) is 48.5 Å². The fourth-order valence-electron chi connectivity index (χ4n) is 2.54. The summed E-state index contributed by atoms with van der Waals surface area (Å²) in [4.78, 5) is 13.8. The number of nitrogens with zero attached hydrogens (tertiary/aromatic N) is 1. The molecule has 0 bridgehead atoms. The molecule has 0 saturated carbocycles. The highest BCUT2D eigenvalue weighted by atomic mass is 16.4. The Morgan fingerprint density at radius 1 is 1.00 bits per heavy atom. The number of anilines is 1. The molecule has 0 saturated heterocycles. The number of hydrogen-bond acceptors (Lipinski definition) is 2. The Hall–Kier alpha value is -2.55. The van der Waals surface area contributed by atoms with Crippen LogP contribution in [0.4, 0.5) is 5.69 Å². The molecule has 0 radical (unpaired) electrons. The van der Waals surface area contributed by atoms with Gasteiger partial charge < -0.3 is 10.0 Å². The number of rotatable bonds is 6. The average Bonchev–Trinajstić information content (AvgIpc) is 2.56. The van der Waals surface area contributed by atoms with Gasteiger partial charge in [0.05, 0.1) is 5.57 Å². The fraction of sp³-hybridized carbons (Fsp3) is 0.250. The van der Waals surface area contributed by atoms with Crippen LogP contribution in [0.5, 0.6) is 0 Å². The van der Waals surface area contributed by atoms with E-state index in [4.69, 9.17) is 0 Å². The Kier molecular flexibility index (Phi) is 5.58. The molecule has 0 aliphatic carbocycles. The summed E-state index contributed by atoms with van der Waals surface area (Å²) in [5.41, 5.74) is 4.18. The molecule has 0 aromatic heterocycles. The Balaban J connectivity index is 2.33. The first-order chi connectivity index (χ1) is 11.0. The molecule has 0 amide bonds. The van der Waals surface area contributed by atoms with Gasteiger partial charge in [-0.05, 0) is 50.1 Å². The molecule has 0 heterocycles. The molecule has 0 unspecified atom stereocenters. The predicted octanol–water partition coefficient (Wildman–Crippen LogP) is 4.47. The SMILES string of the molecule is CCN(CC)c1ccc(/C=C(\C(=O)O)c2ccc(C)cc2)cc1. The summed E-state index contributed by atoms with van der Waals surface area (Å²) in [6.07, 6.45) is 1.72. The van der Waals surface area contributed by atoms with Crippen molar-refractivity contribution in [1.29, 1.82) is 0 Å². The highest BCUT2D eigenvalue weighted by Gasteiger charge is 2.10. The van der Waals surface area contributed by atoms with Crippen LogP contribution >= 0.6 is 0 Å². The van der Waals surface area contributed by atoms with Gasteiger partial charge in [0.15, 0.2) is 0 Å². The molecule has 2 aromatic carbocycles. The van der Waals surface area contributed by atoms with Gasteiger partial charge in [-0.1, -0.05) is 42.0 Å². The van der Waals surface area contributed by atoms with E-state index in [0.717, 1.165) is 35.5 Å². The van der Waals surface area contributed by atoms with E-state index in [-0.39, 0.29) is 0 Å². The Morgan fingerprint density at radius 3 is 2.04 bits per heavy atom. The molecular weight excluding hydrogens is 286 g/mol. The molecule has 0 aliphatic rings. The minimum absolute atomic E-state index is 0.306. The summed E-state index contributed by atoms with van der Waals surface area (Å²) in [6.45, 7) is 8.14. The number of carboxylic acid groups (broad SMARTS) is 1. The summed E-state index contributed by atoms with van der Waals surface area (Å²) >= 11 is 0. The van der Waals surface area contributed by atoms with E-state index in [2.05, 4.69) is 18.7 Å². The molecule has 0 spiro atoms. The van der Waals surface area contributed by atoms with Crippen molar-refractivity contribution >= 4 is 23.3 Å². The second-order valence-electron chi connectivity index (χ2n) is 5.49. The number of carboxylic acids is 1. The van der Waals surface area contributed by atoms with Crippen molar-refractivity contribution in [1.82, 2.24) is 0 Å². The zero-order valence-corrected chi connectivity index (χ0v) is 13.9. The molecule has 3 nitrogen and oxygen atoms in total. The molecule has 1 N–H and O–H groups in total. The third-order valence-electron chi connectivity index (χ3n) is 3.93. The van der Waals surface area contributed by atoms with Crippen molar-refractivity contribution < 1.29 is 9.90 Å². The summed E-state index contributed by atoms with van der Waals surface area (Å²) in [5.74, 6) is -0.915. The number of hydrogen-bond donors (Lipinski definition) is 1. The van der Waals surface area contributed by atoms with Crippen LogP contribution in [0, 0.1) is 6.92 Å². The van der Waals surface area contributed by atoms with Crippen LogP contribution in [-0.4, -0.2) is 24.2 Å². The molecule has 23 heavy (non-hydrogen) atoms. The maximum Gasteiger partial charge on any atom is 0.336 e. The number of aliphatic carboxylic acids is 1. The number of benzene rings is 2. The highest BCUT2D eigenvalue weighted by Crippen LogP contribution is 2.21. The largest absolute Gasteiger partial charge is 0.478 e. The van der Waals surface area contributed by atoms with Crippen LogP contribution in [0.3, 0.4) is 0 Å². The molecule has 120 valence electrons. The van der Waals surface area contributed by atoms with Crippen LogP contribution in [0.25, 0.3) is 11.6 Å². The topological polar surface area (TPSA) is 40.5 Å². The van der Waals surface area contributed by atoms with E-state index in [1.807, 2.05) is 55.5 Å². The van der Waals surface area contributed by atoms with Gasteiger partial charge in [-0.15, -0.1) is 0 Å². The maximum atomic E-state index is 11.6. The summed E-state index contributed by atoms with van der Waals surface area (Å²) < 4.78 is 0. The van der Waals surface area contributed by atoms with E-state index >= 15 is 0 Å². The Labute approximate surface area is 137 Å². The van der Waals surface area contributed by atoms with Gasteiger partial charge in [0.1, 0.15) is 0 Å². The molecular formula is C20H23NO2. The van der Waals surface area contributed by atoms with Crippen LogP contribution in [0.2, 0.25) is 0 Å². The van der Waals surface area contributed by atoms with Gasteiger partial charge in [-0.25, -0.2) is 4.79 Å². The molecule has 0 aliphatic heterocycles. The third-order valence-corrected chi connectivity index (χ3v) is 3.93. The highest BCUT2D eigenvalue weighted by molar-refractivity contribution is 6.20. The monoisotopic (exact) mass is 309 g/mol. The lowest BCUT2D eigenvalue weighted by molar-refractivity contribution is -0.130. The van der Waals surface area contributed by atoms with Crippen molar-refractivity contribution in [3.05, 3.63) is 65.2 Å². The molecule has 3 heteroatoms. The van der Waals surface area contributed by atoms with Gasteiger partial charge in [0, 0.05) is 18.8 Å². The van der Waals surface area contributed by atoms with Crippen LogP contribution < -0.4 is 4.90 Å². The van der Waals surface area contributed by atoms with Gasteiger partial charge in [-0.2, -0.15) is 0 Å². The van der Waals surface area contributed by atoms with Gasteiger partial charge in [0.25, 0.3) is 0 Å². The second-order valence-corrected chi connectivity index (χ2v) is 5.49. The summed E-state index contributed by atoms with van der Waals surface area (Å²) in [7, 11) is 0. The summed E-state index contributed by atoms with van der Waals surface area (Å²) in [6, 6.07) is 15.5. The van der Waals surface area contributed by atoms with E-state index in [1.165, 1.54) is 0 Å². The van der Waals surface area contributed by atoms with Crippen LogP contribution in [-0.2, 0) is 4.79 Å². The fourth-order valence-corrected chi connectivity index (χ4v) is 2.54. The van der Waals surface area contributed by atoms with Gasteiger partial charge >= 0.3 is 5.97 Å². The van der Waals surface area contributed by atoms with Crippen molar-refractivity contribution in [3.8, 4) is 0 Å². The second kappa shape index (κ2) is 7.63. The van der Waals surface area contributed by atoms with E-state index in [0.29, 0.717) is 5.57 Å². The first-order valence-corrected chi connectivity index (χ1v) is 7.92. The van der Waals surface area contributed by atoms with Crippen LogP contribution in [0.1, 0.15) is 30.5 Å². The smallest absolute Gasteiger partial charge is 0.336 e. The van der Waals surface area contributed by atoms with Crippen molar-refractivity contribution in [2.75, 3.05) is 18.0 Å². The first-order valence-electron chi connectivity index (χ1n) is 7.92. The van der Waals surface area contributed by atoms with Crippen molar-refractivity contribution in [2.45, 2.75) is 20.8 Å². The Bertz CT molecular complexity index is 681. The average molecular weight is 309 g/mol. The zero-order chi connectivity index (χ0) is 16.8. The first kappa shape index (κ1) is 16.8. The number of carbonyl (C=O) groups is 1. The standard InChI is InChI=1S/C20H23NO2/c1-4-21(5-2)18-12-8-16(9-13-18)14-19(20(22)23)17-10-6-15(3)7-11-17/h6-14H,4-5H2,1-3H3,(H,22,23)/b19-14-. The maximum absolute atomic E-state index is 11.6. The lowest BCUT2D eigenvalue weighted by Gasteiger charge is -2.20. The van der Waals surface area contributed by atoms with E-state index in [1.54, 1.807) is 6.08 Å². The summed E-state index contributed by atoms with van der Waals surface area (Å²) in [5, 5.41) is 9.50. The Morgan fingerprint density at radius 2 is 1.57 bits per heavy atom. The minimum atomic E-state index is -0.915. The van der Waals surface area contributed by atoms with E-state index < -0.39 is 5.97 Å². The molecule has 2 aromatic rings. The quantitative estimate of drug-likeness (QED) is 0.632. The van der Waals surface area contributed by atoms with Crippen molar-refractivity contribution in [3.63, 3.8) is 0 Å². The molecule has 2 rings (SSSR count). The van der Waals surface area contributed by atoms with Crippen molar-refractivity contribution in [2.24, 2.45) is 0 Å². The minimum Gasteiger partial charge on any atom is -0.478 e.